The highest BCUT2D eigenvalue weighted by Crippen LogP contribution is 2.49. The van der Waals surface area contributed by atoms with Gasteiger partial charge in [0.1, 0.15) is 45.5 Å². The Morgan fingerprint density at radius 3 is 2.38 bits per heavy atom. The maximum Gasteiger partial charge on any atom is 0.230 e. The number of aromatic nitrogens is 14. The van der Waals surface area contributed by atoms with Crippen molar-refractivity contribution in [3.63, 3.8) is 0 Å². The van der Waals surface area contributed by atoms with Crippen LogP contribution in [0.5, 0.6) is 0 Å². The highest BCUT2D eigenvalue weighted by Gasteiger charge is 2.30. The maximum absolute atomic E-state index is 6.16. The first kappa shape index (κ1) is 35.9. The van der Waals surface area contributed by atoms with Gasteiger partial charge in [0.2, 0.25) is 5.89 Å². The zero-order valence-electron chi connectivity index (χ0n) is 31.3. The van der Waals surface area contributed by atoms with Crippen molar-refractivity contribution in [2.45, 2.75) is 9.92 Å². The Labute approximate surface area is 352 Å². The standard InChI is InChI=1S/C43H26N14O2S2/c1-2-7-24(8-3-1)32-37(36-34(30-9-5-17-58-30)33(40-47-12-6-13-48-40)25(19-50-36)27-21-44-14-15-45-27)56-57-38(39(32)61-31-10-4-11-46-31)41-51-22-28(53-41)35-26(20-52-55-35)42-54-29(23-59-42)43-49-16-18-60-43/h1-23,46H,(H,51,53)(H,52,55). The zero-order chi connectivity index (χ0) is 40.5. The van der Waals surface area contributed by atoms with Gasteiger partial charge in [-0.05, 0) is 35.9 Å². The fraction of sp³-hybridized carbons (Fsp3) is 0. The summed E-state index contributed by atoms with van der Waals surface area (Å²) in [6.07, 6.45) is 20.3. The second-order valence-electron chi connectivity index (χ2n) is 13.2. The van der Waals surface area contributed by atoms with Crippen molar-refractivity contribution in [3.05, 3.63) is 141 Å². The van der Waals surface area contributed by atoms with Crippen LogP contribution in [0.3, 0.4) is 0 Å². The van der Waals surface area contributed by atoms with Gasteiger partial charge in [-0.3, -0.25) is 20.1 Å². The summed E-state index contributed by atoms with van der Waals surface area (Å²) < 4.78 is 12.1. The minimum Gasteiger partial charge on any atom is -0.464 e. The lowest BCUT2D eigenvalue weighted by atomic mass is 9.92. The minimum absolute atomic E-state index is 0.383. The van der Waals surface area contributed by atoms with E-state index in [0.717, 1.165) is 26.1 Å². The number of H-pyrrole nitrogens is 3. The number of thiazole rings is 1. The molecule has 61 heavy (non-hydrogen) atoms. The molecule has 11 aromatic rings. The topological polar surface area (TPSA) is 215 Å². The predicted molar refractivity (Wildman–Crippen MR) is 227 cm³/mol. The second kappa shape index (κ2) is 15.5. The average molecular weight is 835 g/mol. The van der Waals surface area contributed by atoms with Crippen LogP contribution in [0.1, 0.15) is 0 Å². The predicted octanol–water partition coefficient (Wildman–Crippen LogP) is 9.42. The summed E-state index contributed by atoms with van der Waals surface area (Å²) in [5.74, 6) is 1.80. The molecule has 18 heteroatoms. The average Bonchev–Trinajstić information content (AvgIpc) is 4.17. The van der Waals surface area contributed by atoms with Gasteiger partial charge in [0.25, 0.3) is 0 Å². The van der Waals surface area contributed by atoms with Crippen LogP contribution < -0.4 is 0 Å². The number of furan rings is 1. The number of rotatable bonds is 11. The Morgan fingerprint density at radius 1 is 0.656 bits per heavy atom. The molecule has 16 nitrogen and oxygen atoms in total. The third-order valence-electron chi connectivity index (χ3n) is 9.55. The van der Waals surface area contributed by atoms with Crippen LogP contribution in [0.15, 0.2) is 159 Å². The lowest BCUT2D eigenvalue weighted by Gasteiger charge is -2.19. The van der Waals surface area contributed by atoms with E-state index in [0.29, 0.717) is 85.4 Å². The van der Waals surface area contributed by atoms with Gasteiger partial charge >= 0.3 is 0 Å². The number of benzene rings is 1. The van der Waals surface area contributed by atoms with Crippen molar-refractivity contribution >= 4 is 23.1 Å². The molecule has 0 atom stereocenters. The summed E-state index contributed by atoms with van der Waals surface area (Å²) in [6.45, 7) is 0. The van der Waals surface area contributed by atoms with E-state index in [-0.39, 0.29) is 0 Å². The molecule has 0 radical (unpaired) electrons. The molecule has 0 fully saturated rings. The first-order valence-corrected chi connectivity index (χ1v) is 20.3. The van der Waals surface area contributed by atoms with Crippen LogP contribution in [0.25, 0.3) is 102 Å². The Morgan fingerprint density at radius 2 is 1.57 bits per heavy atom. The van der Waals surface area contributed by atoms with E-state index in [4.69, 9.17) is 44.0 Å². The fourth-order valence-electron chi connectivity index (χ4n) is 6.91. The summed E-state index contributed by atoms with van der Waals surface area (Å²) >= 11 is 2.97. The molecule has 11 rings (SSSR count). The van der Waals surface area contributed by atoms with Gasteiger partial charge < -0.3 is 18.8 Å². The van der Waals surface area contributed by atoms with E-state index in [2.05, 4.69) is 35.1 Å². The van der Waals surface area contributed by atoms with Crippen LogP contribution in [0, 0.1) is 0 Å². The van der Waals surface area contributed by atoms with Crippen molar-refractivity contribution in [3.8, 4) is 102 Å². The molecule has 0 spiro atoms. The molecule has 3 N–H and O–H groups in total. The second-order valence-corrected chi connectivity index (χ2v) is 15.1. The van der Waals surface area contributed by atoms with E-state index in [1.165, 1.54) is 23.1 Å². The Bertz CT molecular complexity index is 3220. The normalized spacial score (nSPS) is 11.3. The van der Waals surface area contributed by atoms with Crippen LogP contribution >= 0.6 is 23.1 Å². The quantitative estimate of drug-likeness (QED) is 0.111. The van der Waals surface area contributed by atoms with Crippen LogP contribution in [-0.4, -0.2) is 70.2 Å². The highest BCUT2D eigenvalue weighted by atomic mass is 32.2. The first-order chi connectivity index (χ1) is 30.3. The maximum atomic E-state index is 6.16. The molecular weight excluding hydrogens is 809 g/mol. The molecule has 0 aliphatic rings. The molecule has 0 aliphatic heterocycles. The number of hydrogen-bond donors (Lipinski definition) is 3. The summed E-state index contributed by atoms with van der Waals surface area (Å²) in [6, 6.07) is 19.4. The number of nitrogens with one attached hydrogen (secondary N) is 3. The fourth-order valence-corrected chi connectivity index (χ4v) is 8.54. The van der Waals surface area contributed by atoms with Crippen LogP contribution in [0.2, 0.25) is 0 Å². The van der Waals surface area contributed by atoms with Crippen molar-refractivity contribution in [2.75, 3.05) is 0 Å². The van der Waals surface area contributed by atoms with Gasteiger partial charge in [0.15, 0.2) is 11.6 Å². The monoisotopic (exact) mass is 834 g/mol. The first-order valence-electron chi connectivity index (χ1n) is 18.6. The van der Waals surface area contributed by atoms with E-state index in [1.807, 2.05) is 66.2 Å². The van der Waals surface area contributed by atoms with Gasteiger partial charge in [0.05, 0.1) is 51.1 Å². The van der Waals surface area contributed by atoms with Crippen molar-refractivity contribution in [2.24, 2.45) is 0 Å². The molecule has 0 amide bonds. The van der Waals surface area contributed by atoms with E-state index in [1.54, 1.807) is 74.4 Å². The Kier molecular flexibility index (Phi) is 9.13. The van der Waals surface area contributed by atoms with Gasteiger partial charge in [-0.1, -0.05) is 42.1 Å². The summed E-state index contributed by atoms with van der Waals surface area (Å²) in [4.78, 5) is 45.0. The molecule has 0 bridgehead atoms. The van der Waals surface area contributed by atoms with Gasteiger partial charge in [0, 0.05) is 71.6 Å². The van der Waals surface area contributed by atoms with Gasteiger partial charge in [-0.25, -0.2) is 24.9 Å². The number of oxazole rings is 1. The molecule has 10 aromatic heterocycles. The SMILES string of the molecule is c1ccc(-c2c(-c3ncc(-c4cnccn4)c(-c4ncccn4)c3-c3ccco3)nnc(-c3ncc(-c4n[nH]cc4-c4nc(-c5nccs5)co4)[nH]3)c2Sc2ccc[nH]2)cc1. The molecule has 0 saturated carbocycles. The molecule has 0 saturated heterocycles. The molecule has 0 aliphatic carbocycles. The lowest BCUT2D eigenvalue weighted by molar-refractivity contribution is 0.575. The van der Waals surface area contributed by atoms with Crippen molar-refractivity contribution < 1.29 is 8.83 Å². The van der Waals surface area contributed by atoms with Crippen LogP contribution in [0.4, 0.5) is 0 Å². The number of aromatic amines is 3. The summed E-state index contributed by atoms with van der Waals surface area (Å²) in [5.41, 5.74) is 8.02. The Balaban J connectivity index is 1.13. The van der Waals surface area contributed by atoms with E-state index >= 15 is 0 Å². The third-order valence-corrected chi connectivity index (χ3v) is 11.4. The van der Waals surface area contributed by atoms with Gasteiger partial charge in [-0.2, -0.15) is 5.10 Å². The van der Waals surface area contributed by atoms with E-state index in [9.17, 15) is 0 Å². The Hall–Kier alpha value is -8.22. The highest BCUT2D eigenvalue weighted by molar-refractivity contribution is 7.99. The number of pyridine rings is 1. The largest absolute Gasteiger partial charge is 0.464 e. The molecule has 0 unspecified atom stereocenters. The lowest BCUT2D eigenvalue weighted by Crippen LogP contribution is -2.05. The molecular formula is C43H26N14O2S2. The number of hydrogen-bond acceptors (Lipinski definition) is 15. The molecule has 292 valence electrons. The van der Waals surface area contributed by atoms with E-state index < -0.39 is 0 Å². The minimum atomic E-state index is 0.383. The molecule has 1 aromatic carbocycles. The molecule has 10 heterocycles. The summed E-state index contributed by atoms with van der Waals surface area (Å²) in [5, 5.41) is 21.0. The van der Waals surface area contributed by atoms with Crippen LogP contribution in [-0.2, 0) is 0 Å². The van der Waals surface area contributed by atoms with Gasteiger partial charge in [-0.15, -0.1) is 21.5 Å². The number of imidazole rings is 1. The van der Waals surface area contributed by atoms with Crippen molar-refractivity contribution in [1.29, 1.82) is 0 Å². The third kappa shape index (κ3) is 6.66. The summed E-state index contributed by atoms with van der Waals surface area (Å²) in [7, 11) is 0. The zero-order valence-corrected chi connectivity index (χ0v) is 33.0. The van der Waals surface area contributed by atoms with Crippen molar-refractivity contribution in [1.82, 2.24) is 70.2 Å². The smallest absolute Gasteiger partial charge is 0.230 e. The number of nitrogens with zero attached hydrogens (tertiary/aromatic N) is 11.